The topological polar surface area (TPSA) is 64.0 Å². The molecule has 98 valence electrons. The van der Waals surface area contributed by atoms with E-state index in [1.54, 1.807) is 11.6 Å². The number of hydrogen-bond acceptors (Lipinski definition) is 3. The van der Waals surface area contributed by atoms with Gasteiger partial charge in [-0.3, -0.25) is 0 Å². The lowest BCUT2D eigenvalue weighted by Crippen LogP contribution is -2.30. The van der Waals surface area contributed by atoms with Crippen LogP contribution >= 0.6 is 11.6 Å². The summed E-state index contributed by atoms with van der Waals surface area (Å²) in [6, 6.07) is 0. The Kier molecular flexibility index (Phi) is 4.97. The summed E-state index contributed by atoms with van der Waals surface area (Å²) in [4.78, 5) is 3.80. The molecule has 7 heteroatoms. The number of hydrogen-bond donors (Lipinski definition) is 1. The van der Waals surface area contributed by atoms with Crippen LogP contribution in [0.25, 0.3) is 0 Å². The lowest BCUT2D eigenvalue weighted by Gasteiger charge is -2.12. The Hall–Kier alpha value is -0.590. The van der Waals surface area contributed by atoms with Gasteiger partial charge in [-0.25, -0.2) is 18.1 Å². The van der Waals surface area contributed by atoms with Crippen LogP contribution in [0.2, 0.25) is 0 Å². The Bertz CT molecular complexity index is 456. The highest BCUT2D eigenvalue weighted by molar-refractivity contribution is 7.89. The van der Waals surface area contributed by atoms with Gasteiger partial charge in [0.15, 0.2) is 5.03 Å². The lowest BCUT2D eigenvalue weighted by atomic mass is 10.1. The molecule has 0 amide bonds. The molecule has 0 aliphatic heterocycles. The van der Waals surface area contributed by atoms with Crippen LogP contribution in [0.1, 0.15) is 20.3 Å². The van der Waals surface area contributed by atoms with Gasteiger partial charge in [-0.1, -0.05) is 13.8 Å². The SMILES string of the molecule is CC(C)CC(Cl)CNS(=O)(=O)c1cn(C)cn1. The predicted octanol–water partition coefficient (Wildman–Crippen LogP) is 1.35. The minimum absolute atomic E-state index is 0.0217. The van der Waals surface area contributed by atoms with E-state index in [2.05, 4.69) is 9.71 Å². The minimum Gasteiger partial charge on any atom is -0.339 e. The number of aryl methyl sites for hydroxylation is 1. The van der Waals surface area contributed by atoms with Crippen molar-refractivity contribution >= 4 is 21.6 Å². The van der Waals surface area contributed by atoms with Gasteiger partial charge in [0.05, 0.1) is 6.33 Å². The molecule has 1 heterocycles. The zero-order valence-corrected chi connectivity index (χ0v) is 11.8. The van der Waals surface area contributed by atoms with Crippen molar-refractivity contribution in [2.24, 2.45) is 13.0 Å². The highest BCUT2D eigenvalue weighted by atomic mass is 35.5. The zero-order valence-electron chi connectivity index (χ0n) is 10.2. The van der Waals surface area contributed by atoms with Gasteiger partial charge in [-0.2, -0.15) is 0 Å². The predicted molar refractivity (Wildman–Crippen MR) is 67.5 cm³/mol. The molecule has 5 nitrogen and oxygen atoms in total. The molecule has 0 aliphatic carbocycles. The first-order chi connectivity index (χ1) is 7.81. The standard InChI is InChI=1S/C10H18ClN3O2S/c1-8(2)4-9(11)5-13-17(15,16)10-6-14(3)7-12-10/h6-9,13H,4-5H2,1-3H3. The first-order valence-electron chi connectivity index (χ1n) is 5.43. The maximum atomic E-state index is 11.8. The summed E-state index contributed by atoms with van der Waals surface area (Å²) in [5.41, 5.74) is 0. The van der Waals surface area contributed by atoms with Crippen LogP contribution in [0.4, 0.5) is 0 Å². The van der Waals surface area contributed by atoms with Crippen molar-refractivity contribution in [2.45, 2.75) is 30.7 Å². The molecule has 1 unspecified atom stereocenters. The second-order valence-corrected chi connectivity index (χ2v) is 6.79. The highest BCUT2D eigenvalue weighted by Crippen LogP contribution is 2.11. The fourth-order valence-electron chi connectivity index (χ4n) is 1.40. The van der Waals surface area contributed by atoms with Crippen LogP contribution < -0.4 is 4.72 Å². The smallest absolute Gasteiger partial charge is 0.259 e. The molecular weight excluding hydrogens is 262 g/mol. The number of sulfonamides is 1. The van der Waals surface area contributed by atoms with Crippen molar-refractivity contribution in [3.05, 3.63) is 12.5 Å². The van der Waals surface area contributed by atoms with E-state index in [-0.39, 0.29) is 16.9 Å². The minimum atomic E-state index is -3.54. The normalized spacial score (nSPS) is 14.2. The van der Waals surface area contributed by atoms with Crippen LogP contribution in [-0.4, -0.2) is 29.9 Å². The Balaban J connectivity index is 2.56. The van der Waals surface area contributed by atoms with Gasteiger partial charge >= 0.3 is 0 Å². The van der Waals surface area contributed by atoms with Gasteiger partial charge in [0.2, 0.25) is 0 Å². The first-order valence-corrected chi connectivity index (χ1v) is 7.35. The maximum Gasteiger partial charge on any atom is 0.259 e. The monoisotopic (exact) mass is 279 g/mol. The van der Waals surface area contributed by atoms with Gasteiger partial charge in [0.25, 0.3) is 10.0 Å². The van der Waals surface area contributed by atoms with Crippen LogP contribution in [0.3, 0.4) is 0 Å². The average molecular weight is 280 g/mol. The van der Waals surface area contributed by atoms with E-state index in [1.807, 2.05) is 13.8 Å². The second kappa shape index (κ2) is 5.84. The molecule has 1 aromatic heterocycles. The van der Waals surface area contributed by atoms with Crippen LogP contribution in [0.5, 0.6) is 0 Å². The number of nitrogens with zero attached hydrogens (tertiary/aromatic N) is 2. The quantitative estimate of drug-likeness (QED) is 0.800. The van der Waals surface area contributed by atoms with Gasteiger partial charge in [-0.15, -0.1) is 11.6 Å². The van der Waals surface area contributed by atoms with Gasteiger partial charge in [0.1, 0.15) is 0 Å². The molecule has 17 heavy (non-hydrogen) atoms. The number of imidazole rings is 1. The third-order valence-corrected chi connectivity index (χ3v) is 3.82. The van der Waals surface area contributed by atoms with Crippen LogP contribution in [-0.2, 0) is 17.1 Å². The van der Waals surface area contributed by atoms with E-state index >= 15 is 0 Å². The van der Waals surface area contributed by atoms with E-state index in [0.717, 1.165) is 6.42 Å². The average Bonchev–Trinajstić information content (AvgIpc) is 2.62. The summed E-state index contributed by atoms with van der Waals surface area (Å²) in [6.45, 7) is 4.31. The highest BCUT2D eigenvalue weighted by Gasteiger charge is 2.18. The summed E-state index contributed by atoms with van der Waals surface area (Å²) in [7, 11) is -1.82. The Morgan fingerprint density at radius 3 is 2.65 bits per heavy atom. The molecular formula is C10H18ClN3O2S. The van der Waals surface area contributed by atoms with E-state index in [1.165, 1.54) is 12.5 Å². The van der Waals surface area contributed by atoms with E-state index in [9.17, 15) is 8.42 Å². The fourth-order valence-corrected chi connectivity index (χ4v) is 2.98. The zero-order chi connectivity index (χ0) is 13.1. The molecule has 1 N–H and O–H groups in total. The first kappa shape index (κ1) is 14.5. The number of aromatic nitrogens is 2. The van der Waals surface area contributed by atoms with E-state index < -0.39 is 10.0 Å². The molecule has 0 aromatic carbocycles. The third kappa shape index (κ3) is 4.65. The van der Waals surface area contributed by atoms with Gasteiger partial charge in [0, 0.05) is 25.2 Å². The van der Waals surface area contributed by atoms with Crippen LogP contribution in [0, 0.1) is 5.92 Å². The Morgan fingerprint density at radius 2 is 2.18 bits per heavy atom. The molecule has 0 spiro atoms. The number of alkyl halides is 1. The van der Waals surface area contributed by atoms with E-state index in [4.69, 9.17) is 11.6 Å². The fraction of sp³-hybridized carbons (Fsp3) is 0.700. The molecule has 0 bridgehead atoms. The lowest BCUT2D eigenvalue weighted by molar-refractivity contribution is 0.543. The second-order valence-electron chi connectivity index (χ2n) is 4.46. The van der Waals surface area contributed by atoms with Crippen molar-refractivity contribution in [1.29, 1.82) is 0 Å². The molecule has 0 radical (unpaired) electrons. The van der Waals surface area contributed by atoms with Crippen molar-refractivity contribution in [3.63, 3.8) is 0 Å². The molecule has 0 aliphatic rings. The Labute approximate surface area is 107 Å². The van der Waals surface area contributed by atoms with Gasteiger partial charge in [-0.05, 0) is 12.3 Å². The largest absolute Gasteiger partial charge is 0.339 e. The van der Waals surface area contributed by atoms with Crippen molar-refractivity contribution in [2.75, 3.05) is 6.54 Å². The number of halogens is 1. The summed E-state index contributed by atoms with van der Waals surface area (Å²) >= 11 is 6.02. The molecule has 0 fully saturated rings. The van der Waals surface area contributed by atoms with Crippen molar-refractivity contribution < 1.29 is 8.42 Å². The molecule has 0 saturated carbocycles. The molecule has 1 rings (SSSR count). The van der Waals surface area contributed by atoms with Crippen molar-refractivity contribution in [3.8, 4) is 0 Å². The van der Waals surface area contributed by atoms with Crippen LogP contribution in [0.15, 0.2) is 17.6 Å². The van der Waals surface area contributed by atoms with Crippen molar-refractivity contribution in [1.82, 2.24) is 14.3 Å². The summed E-state index contributed by atoms with van der Waals surface area (Å²) < 4.78 is 27.6. The summed E-state index contributed by atoms with van der Waals surface area (Å²) in [5, 5.41) is -0.179. The van der Waals surface area contributed by atoms with E-state index in [0.29, 0.717) is 5.92 Å². The summed E-state index contributed by atoms with van der Waals surface area (Å²) in [5.74, 6) is 0.442. The third-order valence-electron chi connectivity index (χ3n) is 2.18. The van der Waals surface area contributed by atoms with Gasteiger partial charge < -0.3 is 4.57 Å². The Morgan fingerprint density at radius 1 is 1.53 bits per heavy atom. The number of rotatable bonds is 6. The molecule has 1 atom stereocenters. The maximum absolute atomic E-state index is 11.8. The summed E-state index contributed by atoms with van der Waals surface area (Å²) in [6.07, 6.45) is 3.67. The molecule has 1 aromatic rings. The number of nitrogens with one attached hydrogen (secondary N) is 1. The molecule has 0 saturated heterocycles.